The molecule has 6 heteroatoms. The lowest BCUT2D eigenvalue weighted by atomic mass is 10.2. The van der Waals surface area contributed by atoms with Crippen molar-refractivity contribution in [1.29, 1.82) is 5.26 Å². The molecule has 0 fully saturated rings. The molecule has 0 bridgehead atoms. The third-order valence-electron chi connectivity index (χ3n) is 2.81. The van der Waals surface area contributed by atoms with Gasteiger partial charge in [0.2, 0.25) is 0 Å². The van der Waals surface area contributed by atoms with Crippen LogP contribution in [-0.2, 0) is 6.54 Å². The van der Waals surface area contributed by atoms with E-state index in [4.69, 9.17) is 5.26 Å². The van der Waals surface area contributed by atoms with E-state index in [2.05, 4.69) is 22.8 Å². The number of nitrogens with zero attached hydrogens (tertiary/aromatic N) is 4. The minimum Gasteiger partial charge on any atom is -0.298 e. The molecule has 21 heavy (non-hydrogen) atoms. The van der Waals surface area contributed by atoms with Crippen LogP contribution in [0.15, 0.2) is 42.1 Å². The van der Waals surface area contributed by atoms with E-state index in [1.807, 2.05) is 4.57 Å². The van der Waals surface area contributed by atoms with Crippen LogP contribution in [0.2, 0.25) is 0 Å². The summed E-state index contributed by atoms with van der Waals surface area (Å²) < 4.78 is 15.7. The molecule has 0 amide bonds. The van der Waals surface area contributed by atoms with Crippen molar-refractivity contribution in [3.63, 3.8) is 0 Å². The fourth-order valence-electron chi connectivity index (χ4n) is 1.85. The van der Waals surface area contributed by atoms with Gasteiger partial charge in [0.05, 0.1) is 11.6 Å². The molecule has 0 aliphatic rings. The zero-order valence-corrected chi connectivity index (χ0v) is 12.3. The summed E-state index contributed by atoms with van der Waals surface area (Å²) in [6.45, 7) is 4.23. The number of benzene rings is 1. The van der Waals surface area contributed by atoms with E-state index < -0.39 is 0 Å². The molecule has 1 aromatic heterocycles. The minimum absolute atomic E-state index is 0.323. The Morgan fingerprint density at radius 3 is 2.90 bits per heavy atom. The lowest BCUT2D eigenvalue weighted by Gasteiger charge is -2.07. The molecule has 0 atom stereocenters. The first-order valence-corrected chi connectivity index (χ1v) is 7.55. The molecule has 108 valence electrons. The predicted octanol–water partition coefficient (Wildman–Crippen LogP) is 3.67. The van der Waals surface area contributed by atoms with Crippen LogP contribution >= 0.6 is 11.8 Å². The fraction of sp³-hybridized carbons (Fsp3) is 0.267. The van der Waals surface area contributed by atoms with Crippen LogP contribution in [0.4, 0.5) is 4.39 Å². The summed E-state index contributed by atoms with van der Waals surface area (Å²) in [5.74, 6) is 0.951. The van der Waals surface area contributed by atoms with Crippen LogP contribution in [0.25, 0.3) is 11.4 Å². The summed E-state index contributed by atoms with van der Waals surface area (Å²) in [6, 6.07) is 8.61. The van der Waals surface area contributed by atoms with Crippen molar-refractivity contribution in [3.8, 4) is 17.5 Å². The van der Waals surface area contributed by atoms with Crippen molar-refractivity contribution >= 4 is 11.8 Å². The SMILES string of the molecule is C=CCn1c(SCCCC#N)nnc1-c1ccccc1F. The Morgan fingerprint density at radius 1 is 1.38 bits per heavy atom. The normalized spacial score (nSPS) is 10.3. The third kappa shape index (κ3) is 3.70. The maximum atomic E-state index is 13.9. The Balaban J connectivity index is 2.27. The van der Waals surface area contributed by atoms with E-state index >= 15 is 0 Å². The molecule has 2 aromatic rings. The maximum Gasteiger partial charge on any atom is 0.191 e. The standard InChI is InChI=1S/C15H15FN4S/c1-2-10-20-14(12-7-3-4-8-13(12)16)18-19-15(20)21-11-6-5-9-17/h2-4,7-8H,1,5-6,10-11H2. The first-order valence-electron chi connectivity index (χ1n) is 6.56. The van der Waals surface area contributed by atoms with Gasteiger partial charge < -0.3 is 0 Å². The molecule has 0 aliphatic heterocycles. The van der Waals surface area contributed by atoms with Gasteiger partial charge in [0.1, 0.15) is 5.82 Å². The van der Waals surface area contributed by atoms with Crippen LogP contribution in [0.3, 0.4) is 0 Å². The molecule has 2 rings (SSSR count). The molecule has 0 saturated carbocycles. The quantitative estimate of drug-likeness (QED) is 0.445. The van der Waals surface area contributed by atoms with Crippen molar-refractivity contribution in [2.75, 3.05) is 5.75 Å². The molecular formula is C15H15FN4S. The molecule has 1 aromatic carbocycles. The van der Waals surface area contributed by atoms with Crippen LogP contribution < -0.4 is 0 Å². The highest BCUT2D eigenvalue weighted by Crippen LogP contribution is 2.26. The number of allylic oxidation sites excluding steroid dienone is 1. The first kappa shape index (κ1) is 15.3. The molecular weight excluding hydrogens is 287 g/mol. The molecule has 0 N–H and O–H groups in total. The van der Waals surface area contributed by atoms with Crippen molar-refractivity contribution in [2.45, 2.75) is 24.5 Å². The third-order valence-corrected chi connectivity index (χ3v) is 3.86. The highest BCUT2D eigenvalue weighted by Gasteiger charge is 2.15. The smallest absolute Gasteiger partial charge is 0.191 e. The molecule has 0 aliphatic carbocycles. The molecule has 0 unspecified atom stereocenters. The van der Waals surface area contributed by atoms with Gasteiger partial charge in [-0.1, -0.05) is 30.0 Å². The fourth-order valence-corrected chi connectivity index (χ4v) is 2.73. The molecule has 1 heterocycles. The van der Waals surface area contributed by atoms with Gasteiger partial charge in [-0.2, -0.15) is 5.26 Å². The van der Waals surface area contributed by atoms with Gasteiger partial charge in [-0.15, -0.1) is 16.8 Å². The van der Waals surface area contributed by atoms with Crippen molar-refractivity contribution in [2.24, 2.45) is 0 Å². The van der Waals surface area contributed by atoms with E-state index in [0.717, 1.165) is 12.2 Å². The highest BCUT2D eigenvalue weighted by atomic mass is 32.2. The van der Waals surface area contributed by atoms with Crippen LogP contribution in [-0.4, -0.2) is 20.5 Å². The van der Waals surface area contributed by atoms with Crippen molar-refractivity contribution in [3.05, 3.63) is 42.7 Å². The summed E-state index contributed by atoms with van der Waals surface area (Å²) in [5, 5.41) is 17.5. The number of unbranched alkanes of at least 4 members (excludes halogenated alkanes) is 1. The average molecular weight is 302 g/mol. The van der Waals surface area contributed by atoms with E-state index in [-0.39, 0.29) is 5.82 Å². The molecule has 4 nitrogen and oxygen atoms in total. The Kier molecular flexibility index (Phi) is 5.52. The largest absolute Gasteiger partial charge is 0.298 e. The van der Waals surface area contributed by atoms with Gasteiger partial charge in [0.15, 0.2) is 11.0 Å². The number of hydrogen-bond donors (Lipinski definition) is 0. The van der Waals surface area contributed by atoms with Crippen LogP contribution in [0.1, 0.15) is 12.8 Å². The topological polar surface area (TPSA) is 54.5 Å². The Bertz CT molecular complexity index is 660. The van der Waals surface area contributed by atoms with Gasteiger partial charge in [-0.25, -0.2) is 4.39 Å². The summed E-state index contributed by atoms with van der Waals surface area (Å²) in [5.41, 5.74) is 0.427. The van der Waals surface area contributed by atoms with E-state index in [0.29, 0.717) is 29.5 Å². The van der Waals surface area contributed by atoms with Crippen LogP contribution in [0.5, 0.6) is 0 Å². The number of halogens is 1. The maximum absolute atomic E-state index is 13.9. The Labute approximate surface area is 127 Å². The average Bonchev–Trinajstić information content (AvgIpc) is 2.88. The minimum atomic E-state index is -0.323. The van der Waals surface area contributed by atoms with Gasteiger partial charge in [-0.3, -0.25) is 4.57 Å². The van der Waals surface area contributed by atoms with Crippen LogP contribution in [0, 0.1) is 17.1 Å². The monoisotopic (exact) mass is 302 g/mol. The lowest BCUT2D eigenvalue weighted by molar-refractivity contribution is 0.626. The van der Waals surface area contributed by atoms with E-state index in [9.17, 15) is 4.39 Å². The summed E-state index contributed by atoms with van der Waals surface area (Å²) in [6.07, 6.45) is 3.03. The highest BCUT2D eigenvalue weighted by molar-refractivity contribution is 7.99. The van der Waals surface area contributed by atoms with Crippen molar-refractivity contribution in [1.82, 2.24) is 14.8 Å². The predicted molar refractivity (Wildman–Crippen MR) is 81.2 cm³/mol. The van der Waals surface area contributed by atoms with E-state index in [1.54, 1.807) is 24.3 Å². The number of hydrogen-bond acceptors (Lipinski definition) is 4. The zero-order chi connectivity index (χ0) is 15.1. The second-order valence-corrected chi connectivity index (χ2v) is 5.36. The number of thioether (sulfide) groups is 1. The second kappa shape index (κ2) is 7.60. The van der Waals surface area contributed by atoms with Gasteiger partial charge in [0, 0.05) is 18.7 Å². The lowest BCUT2D eigenvalue weighted by Crippen LogP contribution is -2.02. The second-order valence-electron chi connectivity index (χ2n) is 4.30. The number of nitriles is 1. The van der Waals surface area contributed by atoms with Gasteiger partial charge in [-0.05, 0) is 18.6 Å². The number of rotatable bonds is 7. The Hall–Kier alpha value is -2.13. The molecule has 0 radical (unpaired) electrons. The van der Waals surface area contributed by atoms with Gasteiger partial charge in [0.25, 0.3) is 0 Å². The summed E-state index contributed by atoms with van der Waals surface area (Å²) >= 11 is 1.52. The molecule has 0 saturated heterocycles. The van der Waals surface area contributed by atoms with Gasteiger partial charge >= 0.3 is 0 Å². The Morgan fingerprint density at radius 2 is 2.19 bits per heavy atom. The van der Waals surface area contributed by atoms with Crippen molar-refractivity contribution < 1.29 is 4.39 Å². The number of aromatic nitrogens is 3. The summed E-state index contributed by atoms with van der Waals surface area (Å²) in [4.78, 5) is 0. The summed E-state index contributed by atoms with van der Waals surface area (Å²) in [7, 11) is 0. The van der Waals surface area contributed by atoms with E-state index in [1.165, 1.54) is 17.8 Å². The molecule has 0 spiro atoms. The first-order chi connectivity index (χ1) is 10.3. The zero-order valence-electron chi connectivity index (χ0n) is 11.5.